The van der Waals surface area contributed by atoms with E-state index in [0.29, 0.717) is 5.82 Å². The molecule has 5 nitrogen and oxygen atoms in total. The van der Waals surface area contributed by atoms with Crippen molar-refractivity contribution in [2.45, 2.75) is 19.4 Å². The van der Waals surface area contributed by atoms with E-state index in [0.717, 1.165) is 6.42 Å². The summed E-state index contributed by atoms with van der Waals surface area (Å²) in [6.07, 6.45) is 5.55. The summed E-state index contributed by atoms with van der Waals surface area (Å²) in [5, 5.41) is 3.13. The van der Waals surface area contributed by atoms with Crippen LogP contribution in [0.25, 0.3) is 0 Å². The van der Waals surface area contributed by atoms with Gasteiger partial charge in [-0.1, -0.05) is 6.08 Å². The van der Waals surface area contributed by atoms with Crippen LogP contribution in [0.1, 0.15) is 23.8 Å². The molecule has 1 aromatic rings. The second kappa shape index (κ2) is 5.85. The molecule has 0 aliphatic heterocycles. The number of nitrogens with zero attached hydrogens (tertiary/aromatic N) is 2. The molecule has 1 N–H and O–H groups in total. The van der Waals surface area contributed by atoms with Gasteiger partial charge in [-0.15, -0.1) is 6.58 Å². The van der Waals surface area contributed by atoms with Crippen LogP contribution in [-0.2, 0) is 4.74 Å². The van der Waals surface area contributed by atoms with Crippen molar-refractivity contribution in [3.8, 4) is 0 Å². The highest BCUT2D eigenvalue weighted by molar-refractivity contribution is 5.86. The highest BCUT2D eigenvalue weighted by Crippen LogP contribution is 2.05. The van der Waals surface area contributed by atoms with E-state index in [-0.39, 0.29) is 11.7 Å². The number of nitrogens with one attached hydrogen (secondary N) is 1. The second-order valence-electron chi connectivity index (χ2n) is 3.35. The fourth-order valence-electron chi connectivity index (χ4n) is 1.17. The van der Waals surface area contributed by atoms with Gasteiger partial charge in [0.25, 0.3) is 0 Å². The molecule has 1 aromatic heterocycles. The Morgan fingerprint density at radius 1 is 1.62 bits per heavy atom. The lowest BCUT2D eigenvalue weighted by Gasteiger charge is -2.11. The molecule has 0 fully saturated rings. The molecule has 16 heavy (non-hydrogen) atoms. The maximum absolute atomic E-state index is 11.1. The zero-order chi connectivity index (χ0) is 12.0. The lowest BCUT2D eigenvalue weighted by molar-refractivity contribution is 0.0593. The molecule has 86 valence electrons. The Hall–Kier alpha value is -1.91. The van der Waals surface area contributed by atoms with E-state index in [2.05, 4.69) is 26.6 Å². The van der Waals surface area contributed by atoms with E-state index < -0.39 is 5.97 Å². The Morgan fingerprint density at radius 3 is 2.88 bits per heavy atom. The smallest absolute Gasteiger partial charge is 0.358 e. The number of hydrogen-bond acceptors (Lipinski definition) is 5. The summed E-state index contributed by atoms with van der Waals surface area (Å²) < 4.78 is 4.52. The molecule has 1 unspecified atom stereocenters. The Balaban J connectivity index is 2.64. The van der Waals surface area contributed by atoms with Crippen LogP contribution >= 0.6 is 0 Å². The number of hydrogen-bond donors (Lipinski definition) is 1. The lowest BCUT2D eigenvalue weighted by Crippen LogP contribution is -2.15. The first-order chi connectivity index (χ1) is 7.67. The number of esters is 1. The number of anilines is 1. The number of rotatable bonds is 5. The predicted molar refractivity (Wildman–Crippen MR) is 61.3 cm³/mol. The molecule has 1 atom stereocenters. The zero-order valence-corrected chi connectivity index (χ0v) is 9.43. The van der Waals surface area contributed by atoms with E-state index in [1.165, 1.54) is 19.5 Å². The van der Waals surface area contributed by atoms with Crippen molar-refractivity contribution < 1.29 is 9.53 Å². The van der Waals surface area contributed by atoms with Gasteiger partial charge in [-0.3, -0.25) is 0 Å². The summed E-state index contributed by atoms with van der Waals surface area (Å²) in [6.45, 7) is 5.66. The number of carbonyl (C=O) groups excluding carboxylic acids is 1. The molecule has 0 bridgehead atoms. The van der Waals surface area contributed by atoms with E-state index >= 15 is 0 Å². The van der Waals surface area contributed by atoms with Gasteiger partial charge in [0, 0.05) is 6.04 Å². The fourth-order valence-corrected chi connectivity index (χ4v) is 1.17. The van der Waals surface area contributed by atoms with Crippen molar-refractivity contribution in [3.05, 3.63) is 30.7 Å². The van der Waals surface area contributed by atoms with Crippen LogP contribution in [0.4, 0.5) is 5.82 Å². The minimum Gasteiger partial charge on any atom is -0.464 e. The summed E-state index contributed by atoms with van der Waals surface area (Å²) in [5.41, 5.74) is 0.199. The molecular formula is C11H15N3O2. The predicted octanol–water partition coefficient (Wildman–Crippen LogP) is 1.64. The molecule has 1 heterocycles. The van der Waals surface area contributed by atoms with Crippen LogP contribution in [0.3, 0.4) is 0 Å². The van der Waals surface area contributed by atoms with E-state index in [1.807, 2.05) is 13.0 Å². The van der Waals surface area contributed by atoms with Crippen molar-refractivity contribution in [2.24, 2.45) is 0 Å². The Bertz CT molecular complexity index is 362. The van der Waals surface area contributed by atoms with Crippen LogP contribution in [0.5, 0.6) is 0 Å². The second-order valence-corrected chi connectivity index (χ2v) is 3.35. The van der Waals surface area contributed by atoms with Gasteiger partial charge in [-0.2, -0.15) is 0 Å². The molecule has 0 aliphatic carbocycles. The third-order valence-corrected chi connectivity index (χ3v) is 1.96. The van der Waals surface area contributed by atoms with E-state index in [1.54, 1.807) is 0 Å². The average molecular weight is 221 g/mol. The van der Waals surface area contributed by atoms with Gasteiger partial charge >= 0.3 is 5.97 Å². The molecule has 0 aliphatic rings. The first-order valence-corrected chi connectivity index (χ1v) is 4.95. The Morgan fingerprint density at radius 2 is 2.38 bits per heavy atom. The topological polar surface area (TPSA) is 64.1 Å². The largest absolute Gasteiger partial charge is 0.464 e. The van der Waals surface area contributed by atoms with Crippen LogP contribution < -0.4 is 5.32 Å². The summed E-state index contributed by atoms with van der Waals surface area (Å²) >= 11 is 0. The van der Waals surface area contributed by atoms with Crippen LogP contribution in [0, 0.1) is 0 Å². The van der Waals surface area contributed by atoms with Crippen molar-refractivity contribution >= 4 is 11.8 Å². The SMILES string of the molecule is C=CCC(C)Nc1cnc(C(=O)OC)cn1. The summed E-state index contributed by atoms with van der Waals surface area (Å²) in [6, 6.07) is 0.232. The average Bonchev–Trinajstić information content (AvgIpc) is 2.29. The molecule has 5 heteroatoms. The number of methoxy groups -OCH3 is 1. The number of carbonyl (C=O) groups is 1. The van der Waals surface area contributed by atoms with E-state index in [9.17, 15) is 4.79 Å². The third-order valence-electron chi connectivity index (χ3n) is 1.96. The molecule has 0 spiro atoms. The first-order valence-electron chi connectivity index (χ1n) is 4.95. The quantitative estimate of drug-likeness (QED) is 0.605. The molecule has 0 radical (unpaired) electrons. The summed E-state index contributed by atoms with van der Waals surface area (Å²) in [5.74, 6) is 0.139. The fraction of sp³-hybridized carbons (Fsp3) is 0.364. The highest BCUT2D eigenvalue weighted by atomic mass is 16.5. The van der Waals surface area contributed by atoms with Crippen molar-refractivity contribution in [3.63, 3.8) is 0 Å². The summed E-state index contributed by atoms with van der Waals surface area (Å²) in [7, 11) is 1.31. The minimum atomic E-state index is -0.488. The van der Waals surface area contributed by atoms with Crippen LogP contribution in [-0.4, -0.2) is 29.1 Å². The highest BCUT2D eigenvalue weighted by Gasteiger charge is 2.07. The zero-order valence-electron chi connectivity index (χ0n) is 9.43. The van der Waals surface area contributed by atoms with Crippen molar-refractivity contribution in [1.29, 1.82) is 0 Å². The normalized spacial score (nSPS) is 11.6. The monoisotopic (exact) mass is 221 g/mol. The Kier molecular flexibility index (Phi) is 4.44. The molecular weight excluding hydrogens is 206 g/mol. The third kappa shape index (κ3) is 3.34. The van der Waals surface area contributed by atoms with Gasteiger partial charge < -0.3 is 10.1 Å². The van der Waals surface area contributed by atoms with Gasteiger partial charge in [0.2, 0.25) is 0 Å². The molecule has 1 rings (SSSR count). The number of ether oxygens (including phenoxy) is 1. The van der Waals surface area contributed by atoms with Gasteiger partial charge in [0.15, 0.2) is 5.69 Å². The standard InChI is InChI=1S/C11H15N3O2/c1-4-5-8(2)14-10-7-12-9(6-13-10)11(15)16-3/h4,6-8H,1,5H2,2-3H3,(H,13,14). The van der Waals surface area contributed by atoms with Gasteiger partial charge in [-0.25, -0.2) is 14.8 Å². The lowest BCUT2D eigenvalue weighted by atomic mass is 10.2. The van der Waals surface area contributed by atoms with Crippen LogP contribution in [0.15, 0.2) is 25.0 Å². The van der Waals surface area contributed by atoms with Crippen molar-refractivity contribution in [1.82, 2.24) is 9.97 Å². The maximum Gasteiger partial charge on any atom is 0.358 e. The van der Waals surface area contributed by atoms with Gasteiger partial charge in [-0.05, 0) is 13.3 Å². The summed E-state index contributed by atoms with van der Waals surface area (Å²) in [4.78, 5) is 19.1. The molecule has 0 amide bonds. The van der Waals surface area contributed by atoms with Crippen molar-refractivity contribution in [2.75, 3.05) is 12.4 Å². The minimum absolute atomic E-state index is 0.199. The molecule has 0 saturated carbocycles. The number of aromatic nitrogens is 2. The Labute approximate surface area is 94.6 Å². The first kappa shape index (κ1) is 12.2. The molecule has 0 aromatic carbocycles. The van der Waals surface area contributed by atoms with Crippen LogP contribution in [0.2, 0.25) is 0 Å². The molecule has 0 saturated heterocycles. The van der Waals surface area contributed by atoms with E-state index in [4.69, 9.17) is 0 Å². The van der Waals surface area contributed by atoms with Gasteiger partial charge in [0.1, 0.15) is 5.82 Å². The van der Waals surface area contributed by atoms with Gasteiger partial charge in [0.05, 0.1) is 19.5 Å². The maximum atomic E-state index is 11.1.